The number of para-hydroxylation sites is 1. The summed E-state index contributed by atoms with van der Waals surface area (Å²) in [5.41, 5.74) is 1.44. The lowest BCUT2D eigenvalue weighted by atomic mass is 9.96. The van der Waals surface area contributed by atoms with E-state index in [9.17, 15) is 4.79 Å². The van der Waals surface area contributed by atoms with Gasteiger partial charge in [0.1, 0.15) is 5.75 Å². The van der Waals surface area contributed by atoms with Crippen LogP contribution >= 0.6 is 0 Å². The van der Waals surface area contributed by atoms with Gasteiger partial charge in [-0.2, -0.15) is 0 Å². The molecule has 1 saturated heterocycles. The molecule has 1 unspecified atom stereocenters. The summed E-state index contributed by atoms with van der Waals surface area (Å²) in [7, 11) is 1.66. The number of carbonyl (C=O) groups is 1. The van der Waals surface area contributed by atoms with Gasteiger partial charge in [0, 0.05) is 25.7 Å². The Morgan fingerprint density at radius 2 is 2.14 bits per heavy atom. The van der Waals surface area contributed by atoms with Gasteiger partial charge in [0.15, 0.2) is 0 Å². The number of hydrogen-bond acceptors (Lipinski definition) is 3. The molecule has 1 aliphatic carbocycles. The highest BCUT2D eigenvalue weighted by molar-refractivity contribution is 5.77. The molecule has 1 saturated carbocycles. The third-order valence-electron chi connectivity index (χ3n) is 4.83. The lowest BCUT2D eigenvalue weighted by Gasteiger charge is -2.22. The summed E-state index contributed by atoms with van der Waals surface area (Å²) >= 11 is 0. The Bertz CT molecular complexity index is 509. The van der Waals surface area contributed by atoms with Gasteiger partial charge in [0.2, 0.25) is 5.91 Å². The van der Waals surface area contributed by atoms with Crippen LogP contribution in [-0.4, -0.2) is 32.3 Å². The number of carbonyl (C=O) groups excluding carboxylic acids is 1. The lowest BCUT2D eigenvalue weighted by molar-refractivity contribution is -0.121. The quantitative estimate of drug-likeness (QED) is 0.905. The molecule has 2 fully saturated rings. The van der Waals surface area contributed by atoms with Crippen molar-refractivity contribution in [2.45, 2.75) is 38.1 Å². The van der Waals surface area contributed by atoms with E-state index in [1.54, 1.807) is 7.11 Å². The summed E-state index contributed by atoms with van der Waals surface area (Å²) in [6.07, 6.45) is 4.54. The number of ether oxygens (including phenoxy) is 2. The Morgan fingerprint density at radius 3 is 2.90 bits per heavy atom. The van der Waals surface area contributed by atoms with Gasteiger partial charge in [-0.3, -0.25) is 4.79 Å². The van der Waals surface area contributed by atoms with Crippen LogP contribution < -0.4 is 10.1 Å². The first-order valence-electron chi connectivity index (χ1n) is 7.72. The van der Waals surface area contributed by atoms with Crippen LogP contribution in [0.25, 0.3) is 0 Å². The fourth-order valence-electron chi connectivity index (χ4n) is 3.31. The Morgan fingerprint density at radius 1 is 1.38 bits per heavy atom. The van der Waals surface area contributed by atoms with E-state index in [-0.39, 0.29) is 5.91 Å². The SMILES string of the molecule is COc1ccccc1CCC(=O)NC1CC12CCOCC2. The Balaban J connectivity index is 1.47. The smallest absolute Gasteiger partial charge is 0.220 e. The van der Waals surface area contributed by atoms with Crippen LogP contribution in [0, 0.1) is 5.41 Å². The summed E-state index contributed by atoms with van der Waals surface area (Å²) in [5, 5.41) is 3.19. The third-order valence-corrected chi connectivity index (χ3v) is 4.83. The molecule has 0 aromatic heterocycles. The second-order valence-corrected chi connectivity index (χ2v) is 6.11. The van der Waals surface area contributed by atoms with Crippen molar-refractivity contribution in [3.05, 3.63) is 29.8 Å². The summed E-state index contributed by atoms with van der Waals surface area (Å²) in [6.45, 7) is 1.68. The van der Waals surface area contributed by atoms with Crippen molar-refractivity contribution in [1.29, 1.82) is 0 Å². The van der Waals surface area contributed by atoms with Crippen molar-refractivity contribution in [3.63, 3.8) is 0 Å². The van der Waals surface area contributed by atoms with Crippen LogP contribution in [0.4, 0.5) is 0 Å². The molecular formula is C17H23NO3. The van der Waals surface area contributed by atoms with Crippen LogP contribution in [0.2, 0.25) is 0 Å². The maximum Gasteiger partial charge on any atom is 0.220 e. The van der Waals surface area contributed by atoms with Crippen molar-refractivity contribution in [1.82, 2.24) is 5.32 Å². The fourth-order valence-corrected chi connectivity index (χ4v) is 3.31. The highest BCUT2D eigenvalue weighted by Gasteiger charge is 2.54. The third kappa shape index (κ3) is 3.21. The van der Waals surface area contributed by atoms with Crippen LogP contribution in [0.1, 0.15) is 31.2 Å². The predicted octanol–water partition coefficient (Wildman–Crippen LogP) is 2.31. The largest absolute Gasteiger partial charge is 0.496 e. The summed E-state index contributed by atoms with van der Waals surface area (Å²) in [6, 6.07) is 8.25. The Kier molecular flexibility index (Phi) is 4.15. The van der Waals surface area contributed by atoms with E-state index in [4.69, 9.17) is 9.47 Å². The van der Waals surface area contributed by atoms with Crippen LogP contribution in [0.15, 0.2) is 24.3 Å². The number of hydrogen-bond donors (Lipinski definition) is 1. The minimum absolute atomic E-state index is 0.147. The lowest BCUT2D eigenvalue weighted by Crippen LogP contribution is -2.32. The highest BCUT2D eigenvalue weighted by Crippen LogP contribution is 2.53. The first-order chi connectivity index (χ1) is 10.2. The Hall–Kier alpha value is -1.55. The van der Waals surface area contributed by atoms with E-state index in [0.29, 0.717) is 17.9 Å². The van der Waals surface area contributed by atoms with Gasteiger partial charge in [-0.15, -0.1) is 0 Å². The van der Waals surface area contributed by atoms with Gasteiger partial charge in [-0.1, -0.05) is 18.2 Å². The van der Waals surface area contributed by atoms with Gasteiger partial charge in [0.25, 0.3) is 0 Å². The van der Waals surface area contributed by atoms with Crippen LogP contribution in [0.3, 0.4) is 0 Å². The molecule has 1 aliphatic heterocycles. The number of rotatable bonds is 5. The molecule has 1 amide bonds. The van der Waals surface area contributed by atoms with Crippen LogP contribution in [-0.2, 0) is 16.0 Å². The fraction of sp³-hybridized carbons (Fsp3) is 0.588. The van der Waals surface area contributed by atoms with E-state index in [1.165, 1.54) is 0 Å². The second kappa shape index (κ2) is 6.06. The number of methoxy groups -OCH3 is 1. The molecule has 114 valence electrons. The predicted molar refractivity (Wildman–Crippen MR) is 80.3 cm³/mol. The molecule has 1 N–H and O–H groups in total. The average molecular weight is 289 g/mol. The molecule has 1 aromatic carbocycles. The molecule has 0 bridgehead atoms. The minimum atomic E-state index is 0.147. The number of amides is 1. The molecular weight excluding hydrogens is 266 g/mol. The zero-order valence-corrected chi connectivity index (χ0v) is 12.6. The van der Waals surface area contributed by atoms with Gasteiger partial charge in [-0.25, -0.2) is 0 Å². The van der Waals surface area contributed by atoms with E-state index in [1.807, 2.05) is 24.3 Å². The number of benzene rings is 1. The van der Waals surface area contributed by atoms with Crippen molar-refractivity contribution < 1.29 is 14.3 Å². The first-order valence-corrected chi connectivity index (χ1v) is 7.72. The molecule has 1 heterocycles. The van der Waals surface area contributed by atoms with Crippen LogP contribution in [0.5, 0.6) is 5.75 Å². The van der Waals surface area contributed by atoms with Crippen molar-refractivity contribution in [2.24, 2.45) is 5.41 Å². The average Bonchev–Trinajstić information content (AvgIpc) is 3.17. The monoisotopic (exact) mass is 289 g/mol. The van der Waals surface area contributed by atoms with E-state index in [2.05, 4.69) is 5.32 Å². The van der Waals surface area contributed by atoms with Gasteiger partial charge in [-0.05, 0) is 42.7 Å². The van der Waals surface area contributed by atoms with Crippen molar-refractivity contribution >= 4 is 5.91 Å². The highest BCUT2D eigenvalue weighted by atomic mass is 16.5. The Labute approximate surface area is 125 Å². The molecule has 4 nitrogen and oxygen atoms in total. The second-order valence-electron chi connectivity index (χ2n) is 6.11. The van der Waals surface area contributed by atoms with E-state index < -0.39 is 0 Å². The van der Waals surface area contributed by atoms with Gasteiger partial charge >= 0.3 is 0 Å². The molecule has 1 spiro atoms. The topological polar surface area (TPSA) is 47.6 Å². The minimum Gasteiger partial charge on any atom is -0.496 e. The summed E-state index contributed by atoms with van der Waals surface area (Å²) in [4.78, 5) is 12.1. The maximum absolute atomic E-state index is 12.1. The normalized spacial score (nSPS) is 22.8. The van der Waals surface area contributed by atoms with Gasteiger partial charge < -0.3 is 14.8 Å². The van der Waals surface area contributed by atoms with Gasteiger partial charge in [0.05, 0.1) is 7.11 Å². The molecule has 2 aliphatic rings. The zero-order chi connectivity index (χ0) is 14.7. The maximum atomic E-state index is 12.1. The molecule has 1 aromatic rings. The molecule has 4 heteroatoms. The van der Waals surface area contributed by atoms with Crippen molar-refractivity contribution in [3.8, 4) is 5.75 Å². The standard InChI is InChI=1S/C17H23NO3/c1-20-14-5-3-2-4-13(14)6-7-16(19)18-15-12-17(15)8-10-21-11-9-17/h2-5,15H,6-12H2,1H3,(H,18,19). The molecule has 0 radical (unpaired) electrons. The molecule has 1 atom stereocenters. The molecule has 21 heavy (non-hydrogen) atoms. The summed E-state index contributed by atoms with van der Waals surface area (Å²) in [5.74, 6) is 1.01. The first kappa shape index (κ1) is 14.4. The summed E-state index contributed by atoms with van der Waals surface area (Å²) < 4.78 is 10.7. The number of aryl methyl sites for hydroxylation is 1. The molecule has 3 rings (SSSR count). The van der Waals surface area contributed by atoms with E-state index in [0.717, 1.165) is 50.2 Å². The van der Waals surface area contributed by atoms with E-state index >= 15 is 0 Å². The zero-order valence-electron chi connectivity index (χ0n) is 12.6. The number of nitrogens with one attached hydrogen (secondary N) is 1. The van der Waals surface area contributed by atoms with Crippen molar-refractivity contribution in [2.75, 3.05) is 20.3 Å².